The van der Waals surface area contributed by atoms with Crippen molar-refractivity contribution in [2.45, 2.75) is 51.7 Å². The van der Waals surface area contributed by atoms with Crippen LogP contribution in [0, 0.1) is 0 Å². The van der Waals surface area contributed by atoms with Gasteiger partial charge in [-0.1, -0.05) is 48.5 Å². The lowest BCUT2D eigenvalue weighted by Gasteiger charge is -2.37. The van der Waals surface area contributed by atoms with Crippen molar-refractivity contribution < 1.29 is 0 Å². The van der Waals surface area contributed by atoms with Crippen LogP contribution >= 0.6 is 0 Å². The van der Waals surface area contributed by atoms with Crippen LogP contribution in [0.5, 0.6) is 0 Å². The lowest BCUT2D eigenvalue weighted by molar-refractivity contribution is 0.126. The average Bonchev–Trinajstić information content (AvgIpc) is 2.99. The molecule has 1 aliphatic rings. The summed E-state index contributed by atoms with van der Waals surface area (Å²) in [5, 5.41) is 1.42. The number of H-pyrrole nitrogens is 1. The quantitative estimate of drug-likeness (QED) is 0.677. The van der Waals surface area contributed by atoms with E-state index in [1.54, 1.807) is 5.56 Å². The molecule has 1 atom stereocenters. The molecule has 0 radical (unpaired) electrons. The first-order valence-electron chi connectivity index (χ1n) is 9.13. The van der Waals surface area contributed by atoms with E-state index >= 15 is 0 Å². The summed E-state index contributed by atoms with van der Waals surface area (Å²) in [6.07, 6.45) is 3.72. The van der Waals surface area contributed by atoms with Crippen LogP contribution in [0.2, 0.25) is 0 Å². The highest BCUT2D eigenvalue weighted by Gasteiger charge is 2.30. The second kappa shape index (κ2) is 6.45. The van der Waals surface area contributed by atoms with Crippen LogP contribution in [0.25, 0.3) is 10.9 Å². The number of fused-ring (bicyclic) bond motifs is 3. The van der Waals surface area contributed by atoms with Gasteiger partial charge in [0.25, 0.3) is 0 Å². The van der Waals surface area contributed by atoms with Crippen LogP contribution in [-0.4, -0.2) is 15.9 Å². The Bertz CT molecular complexity index is 816. The number of nitrogens with zero attached hydrogens (tertiary/aromatic N) is 1. The van der Waals surface area contributed by atoms with Gasteiger partial charge in [0.05, 0.1) is 6.04 Å². The monoisotopic (exact) mass is 318 g/mol. The second-order valence-corrected chi connectivity index (χ2v) is 7.22. The predicted molar refractivity (Wildman–Crippen MR) is 101 cm³/mol. The Kier molecular flexibility index (Phi) is 4.15. The number of para-hydroxylation sites is 1. The van der Waals surface area contributed by atoms with Crippen molar-refractivity contribution >= 4 is 10.9 Å². The van der Waals surface area contributed by atoms with Crippen molar-refractivity contribution in [2.24, 2.45) is 0 Å². The van der Waals surface area contributed by atoms with Gasteiger partial charge in [-0.15, -0.1) is 0 Å². The number of benzene rings is 2. The van der Waals surface area contributed by atoms with E-state index in [1.165, 1.54) is 41.4 Å². The van der Waals surface area contributed by atoms with Gasteiger partial charge in [0.1, 0.15) is 0 Å². The molecule has 2 aromatic carbocycles. The molecule has 2 nitrogen and oxygen atoms in total. The molecule has 24 heavy (non-hydrogen) atoms. The highest BCUT2D eigenvalue weighted by Crippen LogP contribution is 2.39. The fraction of sp³-hybridized carbons (Fsp3) is 0.364. The molecule has 1 heterocycles. The summed E-state index contributed by atoms with van der Waals surface area (Å²) in [5.74, 6) is 0. The highest BCUT2D eigenvalue weighted by molar-refractivity contribution is 5.85. The number of nitrogens with one attached hydrogen (secondary N) is 1. The average molecular weight is 318 g/mol. The maximum atomic E-state index is 3.75. The fourth-order valence-electron chi connectivity index (χ4n) is 4.17. The normalized spacial score (nSPS) is 17.6. The minimum Gasteiger partial charge on any atom is -0.357 e. The molecule has 0 saturated heterocycles. The molecule has 0 aliphatic heterocycles. The Morgan fingerprint density at radius 3 is 2.58 bits per heavy atom. The zero-order valence-electron chi connectivity index (χ0n) is 14.6. The summed E-state index contributed by atoms with van der Waals surface area (Å²) in [7, 11) is 0. The van der Waals surface area contributed by atoms with Gasteiger partial charge in [-0.3, -0.25) is 4.90 Å². The molecule has 124 valence electrons. The van der Waals surface area contributed by atoms with Gasteiger partial charge in [-0.25, -0.2) is 0 Å². The van der Waals surface area contributed by atoms with Gasteiger partial charge < -0.3 is 4.98 Å². The van der Waals surface area contributed by atoms with E-state index in [0.717, 1.165) is 6.54 Å². The van der Waals surface area contributed by atoms with E-state index in [-0.39, 0.29) is 0 Å². The van der Waals surface area contributed by atoms with E-state index < -0.39 is 0 Å². The lowest BCUT2D eigenvalue weighted by Crippen LogP contribution is -2.36. The minimum absolute atomic E-state index is 0.487. The van der Waals surface area contributed by atoms with E-state index in [2.05, 4.69) is 78.3 Å². The van der Waals surface area contributed by atoms with Crippen LogP contribution in [0.1, 0.15) is 49.6 Å². The molecule has 0 fully saturated rings. The van der Waals surface area contributed by atoms with Crippen LogP contribution in [0.4, 0.5) is 0 Å². The number of hydrogen-bond donors (Lipinski definition) is 1. The molecule has 1 N–H and O–H groups in total. The molecular formula is C22H26N2. The van der Waals surface area contributed by atoms with Crippen molar-refractivity contribution in [1.29, 1.82) is 0 Å². The summed E-state index contributed by atoms with van der Waals surface area (Å²) in [6, 6.07) is 20.6. The molecule has 0 spiro atoms. The first-order chi connectivity index (χ1) is 11.7. The Hall–Kier alpha value is -2.06. The van der Waals surface area contributed by atoms with Crippen molar-refractivity contribution in [3.63, 3.8) is 0 Å². The Morgan fingerprint density at radius 1 is 1.04 bits per heavy atom. The largest absolute Gasteiger partial charge is 0.357 e. The fourth-order valence-corrected chi connectivity index (χ4v) is 4.17. The smallest absolute Gasteiger partial charge is 0.0507 e. The second-order valence-electron chi connectivity index (χ2n) is 7.22. The maximum absolute atomic E-state index is 3.75. The summed E-state index contributed by atoms with van der Waals surface area (Å²) in [4.78, 5) is 6.40. The Morgan fingerprint density at radius 2 is 1.79 bits per heavy atom. The molecule has 4 rings (SSSR count). The molecule has 0 amide bonds. The van der Waals surface area contributed by atoms with E-state index in [0.29, 0.717) is 12.1 Å². The van der Waals surface area contributed by atoms with Gasteiger partial charge >= 0.3 is 0 Å². The van der Waals surface area contributed by atoms with Crippen LogP contribution in [0.15, 0.2) is 54.6 Å². The van der Waals surface area contributed by atoms with E-state index in [9.17, 15) is 0 Å². The third-order valence-electron chi connectivity index (χ3n) is 5.36. The third kappa shape index (κ3) is 2.76. The van der Waals surface area contributed by atoms with E-state index in [1.807, 2.05) is 0 Å². The molecule has 2 heteroatoms. The molecule has 1 unspecified atom stereocenters. The minimum atomic E-state index is 0.487. The highest BCUT2D eigenvalue weighted by atomic mass is 15.2. The number of aromatic nitrogens is 1. The number of rotatable bonds is 4. The topological polar surface area (TPSA) is 19.0 Å². The Labute approximate surface area is 144 Å². The molecule has 0 bridgehead atoms. The van der Waals surface area contributed by atoms with Crippen LogP contribution in [0.3, 0.4) is 0 Å². The standard InChI is InChI=1S/C22H26N2/c1-16(2)24(15-17-9-4-3-5-10-17)21-14-8-12-19-18-11-6-7-13-20(18)23-22(19)21/h3-7,9-11,13,16,21,23H,8,12,14-15H2,1-2H3. The van der Waals surface area contributed by atoms with Gasteiger partial charge in [0.15, 0.2) is 0 Å². The van der Waals surface area contributed by atoms with Crippen molar-refractivity contribution in [2.75, 3.05) is 0 Å². The molecule has 1 aliphatic carbocycles. The van der Waals surface area contributed by atoms with Crippen LogP contribution in [-0.2, 0) is 13.0 Å². The van der Waals surface area contributed by atoms with Gasteiger partial charge in [-0.05, 0) is 50.3 Å². The number of aromatic amines is 1. The maximum Gasteiger partial charge on any atom is 0.0507 e. The van der Waals surface area contributed by atoms with E-state index in [4.69, 9.17) is 0 Å². The molecule has 0 saturated carbocycles. The van der Waals surface area contributed by atoms with Gasteiger partial charge in [0.2, 0.25) is 0 Å². The van der Waals surface area contributed by atoms with Crippen molar-refractivity contribution in [1.82, 2.24) is 9.88 Å². The Balaban J connectivity index is 1.72. The van der Waals surface area contributed by atoms with Crippen LogP contribution < -0.4 is 0 Å². The molecule has 1 aromatic heterocycles. The van der Waals surface area contributed by atoms with Crippen molar-refractivity contribution in [3.8, 4) is 0 Å². The SMILES string of the molecule is CC(C)N(Cc1ccccc1)C1CCCc2c1[nH]c1ccccc21. The summed E-state index contributed by atoms with van der Waals surface area (Å²) in [5.41, 5.74) is 5.68. The van der Waals surface area contributed by atoms with Crippen molar-refractivity contribution in [3.05, 3.63) is 71.4 Å². The molecule has 3 aromatic rings. The van der Waals surface area contributed by atoms with Gasteiger partial charge in [-0.2, -0.15) is 0 Å². The summed E-state index contributed by atoms with van der Waals surface area (Å²) in [6.45, 7) is 5.65. The van der Waals surface area contributed by atoms with Gasteiger partial charge in [0, 0.05) is 29.2 Å². The first-order valence-corrected chi connectivity index (χ1v) is 9.13. The third-order valence-corrected chi connectivity index (χ3v) is 5.36. The summed E-state index contributed by atoms with van der Waals surface area (Å²) >= 11 is 0. The first kappa shape index (κ1) is 15.5. The number of aryl methyl sites for hydroxylation is 1. The lowest BCUT2D eigenvalue weighted by atomic mass is 9.90. The molecular weight excluding hydrogens is 292 g/mol. The number of hydrogen-bond acceptors (Lipinski definition) is 1. The zero-order chi connectivity index (χ0) is 16.5. The summed E-state index contributed by atoms with van der Waals surface area (Å²) < 4.78 is 0. The zero-order valence-corrected chi connectivity index (χ0v) is 14.6. The predicted octanol–water partition coefficient (Wildman–Crippen LogP) is 5.46.